The molecule has 0 fully saturated rings. The van der Waals surface area contributed by atoms with E-state index >= 15 is 0 Å². The van der Waals surface area contributed by atoms with Gasteiger partial charge in [-0.2, -0.15) is 5.10 Å². The quantitative estimate of drug-likeness (QED) is 0.560. The van der Waals surface area contributed by atoms with Gasteiger partial charge in [0.1, 0.15) is 5.01 Å². The van der Waals surface area contributed by atoms with Crippen molar-refractivity contribution in [1.29, 1.82) is 0 Å². The van der Waals surface area contributed by atoms with Gasteiger partial charge in [-0.1, -0.05) is 29.8 Å². The summed E-state index contributed by atoms with van der Waals surface area (Å²) in [5, 5.41) is 10.2. The number of nitrogens with zero attached hydrogens (tertiary/aromatic N) is 3. The number of benzene rings is 2. The van der Waals surface area contributed by atoms with Crippen LogP contribution in [0.15, 0.2) is 66.2 Å². The van der Waals surface area contributed by atoms with Crippen LogP contribution in [0.1, 0.15) is 16.1 Å². The van der Waals surface area contributed by atoms with Gasteiger partial charge in [0.05, 0.1) is 5.69 Å². The van der Waals surface area contributed by atoms with Crippen LogP contribution in [0.2, 0.25) is 0 Å². The van der Waals surface area contributed by atoms with Crippen LogP contribution in [-0.2, 0) is 7.05 Å². The first kappa shape index (κ1) is 17.2. The number of carbonyl (C=O) groups excluding carboxylic acids is 1. The molecule has 0 radical (unpaired) electrons. The number of aryl methyl sites for hydroxylation is 2. The van der Waals surface area contributed by atoms with E-state index in [4.69, 9.17) is 0 Å². The number of hydrogen-bond donors (Lipinski definition) is 1. The molecular weight excluding hydrogens is 356 g/mol. The molecule has 1 amide bonds. The number of amides is 1. The molecule has 1 N–H and O–H groups in total. The van der Waals surface area contributed by atoms with E-state index in [0.29, 0.717) is 5.69 Å². The lowest BCUT2D eigenvalue weighted by Gasteiger charge is -2.04. The molecule has 0 aliphatic carbocycles. The molecule has 2 heterocycles. The van der Waals surface area contributed by atoms with Gasteiger partial charge in [0.2, 0.25) is 0 Å². The van der Waals surface area contributed by atoms with Crippen LogP contribution < -0.4 is 5.32 Å². The van der Waals surface area contributed by atoms with Crippen LogP contribution in [0, 0.1) is 6.92 Å². The molecule has 27 heavy (non-hydrogen) atoms. The first-order chi connectivity index (χ1) is 13.1. The molecule has 134 valence electrons. The predicted octanol–water partition coefficient (Wildman–Crippen LogP) is 4.77. The third-order valence-corrected chi connectivity index (χ3v) is 5.10. The molecule has 0 aliphatic heterocycles. The normalized spacial score (nSPS) is 10.7. The number of thiazole rings is 1. The number of hydrogen-bond acceptors (Lipinski definition) is 4. The van der Waals surface area contributed by atoms with Gasteiger partial charge in [-0.05, 0) is 42.8 Å². The number of aromatic nitrogens is 3. The average Bonchev–Trinajstić information content (AvgIpc) is 3.33. The van der Waals surface area contributed by atoms with Gasteiger partial charge in [-0.15, -0.1) is 11.3 Å². The maximum absolute atomic E-state index is 12.6. The van der Waals surface area contributed by atoms with Crippen LogP contribution in [0.5, 0.6) is 0 Å². The van der Waals surface area contributed by atoms with E-state index in [0.717, 1.165) is 27.5 Å². The monoisotopic (exact) mass is 374 g/mol. The fourth-order valence-electron chi connectivity index (χ4n) is 2.83. The number of nitrogens with one attached hydrogen (secondary N) is 1. The van der Waals surface area contributed by atoms with Crippen molar-refractivity contribution in [2.45, 2.75) is 6.92 Å². The maximum atomic E-state index is 12.6. The average molecular weight is 374 g/mol. The lowest BCUT2D eigenvalue weighted by Crippen LogP contribution is -2.12. The smallest absolute Gasteiger partial charge is 0.276 e. The van der Waals surface area contributed by atoms with Gasteiger partial charge < -0.3 is 5.32 Å². The van der Waals surface area contributed by atoms with Crippen molar-refractivity contribution in [1.82, 2.24) is 14.8 Å². The van der Waals surface area contributed by atoms with Crippen molar-refractivity contribution in [3.05, 3.63) is 77.4 Å². The zero-order valence-corrected chi connectivity index (χ0v) is 15.8. The molecule has 0 unspecified atom stereocenters. The fourth-order valence-corrected chi connectivity index (χ4v) is 3.47. The predicted molar refractivity (Wildman–Crippen MR) is 109 cm³/mol. The Balaban J connectivity index is 1.52. The number of rotatable bonds is 4. The van der Waals surface area contributed by atoms with E-state index in [1.54, 1.807) is 22.2 Å². The molecule has 2 aromatic carbocycles. The van der Waals surface area contributed by atoms with Crippen molar-refractivity contribution >= 4 is 22.9 Å². The highest BCUT2D eigenvalue weighted by Gasteiger charge is 2.14. The van der Waals surface area contributed by atoms with Crippen LogP contribution in [0.25, 0.3) is 21.8 Å². The van der Waals surface area contributed by atoms with Crippen LogP contribution in [-0.4, -0.2) is 20.7 Å². The molecular formula is C21H18N4OS. The molecule has 5 nitrogen and oxygen atoms in total. The zero-order chi connectivity index (χ0) is 18.8. The van der Waals surface area contributed by atoms with Gasteiger partial charge in [-0.25, -0.2) is 4.98 Å². The summed E-state index contributed by atoms with van der Waals surface area (Å²) in [5.41, 5.74) is 5.27. The topological polar surface area (TPSA) is 59.8 Å². The first-order valence-electron chi connectivity index (χ1n) is 8.52. The van der Waals surface area contributed by atoms with E-state index in [9.17, 15) is 4.79 Å². The minimum Gasteiger partial charge on any atom is -0.321 e. The standard InChI is InChI=1S/C21H18N4OS/c1-14-3-5-15(6-4-14)19-13-18(24-25(19)2)20(26)23-17-9-7-16(8-10-17)21-22-11-12-27-21/h3-13H,1-2H3,(H,23,26). The molecule has 0 atom stereocenters. The molecule has 4 rings (SSSR count). The second kappa shape index (κ2) is 7.17. The summed E-state index contributed by atoms with van der Waals surface area (Å²) in [5.74, 6) is -0.231. The Hall–Kier alpha value is -3.25. The zero-order valence-electron chi connectivity index (χ0n) is 15.0. The van der Waals surface area contributed by atoms with Gasteiger partial charge in [0.25, 0.3) is 5.91 Å². The Bertz CT molecular complexity index is 1060. The Morgan fingerprint density at radius 1 is 1.04 bits per heavy atom. The van der Waals surface area contributed by atoms with Gasteiger partial charge in [0, 0.05) is 29.9 Å². The minimum absolute atomic E-state index is 0.231. The molecule has 0 saturated carbocycles. The Labute approximate surface area is 161 Å². The highest BCUT2D eigenvalue weighted by atomic mass is 32.1. The van der Waals surface area contributed by atoms with Crippen molar-refractivity contribution in [2.75, 3.05) is 5.32 Å². The summed E-state index contributed by atoms with van der Waals surface area (Å²) >= 11 is 1.58. The molecule has 4 aromatic rings. The lowest BCUT2D eigenvalue weighted by molar-refractivity contribution is 0.102. The number of carbonyl (C=O) groups is 1. The van der Waals surface area contributed by atoms with Crippen molar-refractivity contribution in [2.24, 2.45) is 7.05 Å². The summed E-state index contributed by atoms with van der Waals surface area (Å²) in [7, 11) is 1.84. The van der Waals surface area contributed by atoms with Crippen molar-refractivity contribution in [3.8, 4) is 21.8 Å². The Morgan fingerprint density at radius 2 is 1.74 bits per heavy atom. The van der Waals surface area contributed by atoms with E-state index in [1.165, 1.54) is 5.56 Å². The minimum atomic E-state index is -0.231. The molecule has 0 spiro atoms. The summed E-state index contributed by atoms with van der Waals surface area (Å²) in [6, 6.07) is 17.6. The van der Waals surface area contributed by atoms with E-state index < -0.39 is 0 Å². The third-order valence-electron chi connectivity index (χ3n) is 4.28. The van der Waals surface area contributed by atoms with E-state index in [1.807, 2.05) is 73.9 Å². The molecule has 6 heteroatoms. The van der Waals surface area contributed by atoms with Crippen LogP contribution in [0.3, 0.4) is 0 Å². The maximum Gasteiger partial charge on any atom is 0.276 e. The first-order valence-corrected chi connectivity index (χ1v) is 9.40. The summed E-state index contributed by atoms with van der Waals surface area (Å²) in [6.45, 7) is 2.05. The summed E-state index contributed by atoms with van der Waals surface area (Å²) in [4.78, 5) is 16.9. The molecule has 0 saturated heterocycles. The fraction of sp³-hybridized carbons (Fsp3) is 0.0952. The molecule has 2 aromatic heterocycles. The highest BCUT2D eigenvalue weighted by molar-refractivity contribution is 7.13. The SMILES string of the molecule is Cc1ccc(-c2cc(C(=O)Nc3ccc(-c4nccs4)cc3)nn2C)cc1. The third kappa shape index (κ3) is 3.66. The highest BCUT2D eigenvalue weighted by Crippen LogP contribution is 2.24. The summed E-state index contributed by atoms with van der Waals surface area (Å²) < 4.78 is 1.73. The molecule has 0 aliphatic rings. The Kier molecular flexibility index (Phi) is 4.56. The second-order valence-electron chi connectivity index (χ2n) is 6.27. The largest absolute Gasteiger partial charge is 0.321 e. The second-order valence-corrected chi connectivity index (χ2v) is 7.17. The van der Waals surface area contributed by atoms with E-state index in [-0.39, 0.29) is 5.91 Å². The van der Waals surface area contributed by atoms with Gasteiger partial charge in [-0.3, -0.25) is 9.48 Å². The summed E-state index contributed by atoms with van der Waals surface area (Å²) in [6.07, 6.45) is 1.78. The van der Waals surface area contributed by atoms with Crippen molar-refractivity contribution in [3.63, 3.8) is 0 Å². The van der Waals surface area contributed by atoms with E-state index in [2.05, 4.69) is 15.4 Å². The van der Waals surface area contributed by atoms with Gasteiger partial charge in [0.15, 0.2) is 5.69 Å². The van der Waals surface area contributed by atoms with Gasteiger partial charge >= 0.3 is 0 Å². The molecule has 0 bridgehead atoms. The lowest BCUT2D eigenvalue weighted by atomic mass is 10.1. The van der Waals surface area contributed by atoms with Crippen molar-refractivity contribution < 1.29 is 4.79 Å². The van der Waals surface area contributed by atoms with Crippen LogP contribution in [0.4, 0.5) is 5.69 Å². The Morgan fingerprint density at radius 3 is 2.41 bits per heavy atom. The van der Waals surface area contributed by atoms with Crippen LogP contribution >= 0.6 is 11.3 Å². The number of anilines is 1.